The van der Waals surface area contributed by atoms with Crippen LogP contribution in [0.4, 0.5) is 5.69 Å². The van der Waals surface area contributed by atoms with Crippen molar-refractivity contribution >= 4 is 77.6 Å². The van der Waals surface area contributed by atoms with Crippen LogP contribution in [0.5, 0.6) is 5.75 Å². The van der Waals surface area contributed by atoms with E-state index >= 15 is 0 Å². The maximum Gasteiger partial charge on any atom is 0.128 e. The molecular formula is C44H33IN2OS. The molecule has 0 aliphatic rings. The van der Waals surface area contributed by atoms with Crippen molar-refractivity contribution in [2.75, 3.05) is 0 Å². The van der Waals surface area contributed by atoms with E-state index in [1.54, 1.807) is 17.6 Å². The van der Waals surface area contributed by atoms with Crippen LogP contribution in [0.3, 0.4) is 0 Å². The van der Waals surface area contributed by atoms with Gasteiger partial charge in [-0.05, 0) is 103 Å². The van der Waals surface area contributed by atoms with Crippen LogP contribution in [0.15, 0.2) is 138 Å². The zero-order chi connectivity index (χ0) is 33.7. The molecule has 0 saturated heterocycles. The largest absolute Gasteiger partial charge is 0.507 e. The van der Waals surface area contributed by atoms with Crippen molar-refractivity contribution in [3.63, 3.8) is 0 Å². The Morgan fingerprint density at radius 2 is 1.29 bits per heavy atom. The minimum Gasteiger partial charge on any atom is -0.507 e. The maximum atomic E-state index is 11.2. The third-order valence-electron chi connectivity index (χ3n) is 9.06. The molecule has 0 spiro atoms. The molecule has 238 valence electrons. The van der Waals surface area contributed by atoms with Crippen molar-refractivity contribution in [3.8, 4) is 38.6 Å². The normalized spacial score (nSPS) is 12.1. The molecule has 0 amide bonds. The summed E-state index contributed by atoms with van der Waals surface area (Å²) in [6, 6.07) is 46.9. The summed E-state index contributed by atoms with van der Waals surface area (Å²) in [4.78, 5) is 10.3. The molecular weight excluding hydrogens is 731 g/mol. The number of nitrogens with zero attached hydrogens (tertiary/aromatic N) is 2. The van der Waals surface area contributed by atoms with Crippen molar-refractivity contribution in [2.45, 2.75) is 26.2 Å². The van der Waals surface area contributed by atoms with E-state index < -0.39 is 0 Å². The van der Waals surface area contributed by atoms with Gasteiger partial charge in [0, 0.05) is 32.0 Å². The highest BCUT2D eigenvalue weighted by molar-refractivity contribution is 14.1. The summed E-state index contributed by atoms with van der Waals surface area (Å²) in [5.74, 6) is 0.273. The third-order valence-corrected chi connectivity index (χ3v) is 10.7. The number of phenols is 1. The summed E-state index contributed by atoms with van der Waals surface area (Å²) >= 11 is 4.00. The Labute approximate surface area is 303 Å². The number of benzene rings is 7. The molecule has 1 aromatic heterocycles. The van der Waals surface area contributed by atoms with Crippen molar-refractivity contribution in [2.24, 2.45) is 4.99 Å². The molecule has 8 aromatic rings. The van der Waals surface area contributed by atoms with Crippen LogP contribution in [-0.2, 0) is 5.41 Å². The van der Waals surface area contributed by atoms with Gasteiger partial charge in [0.2, 0.25) is 0 Å². The smallest absolute Gasteiger partial charge is 0.128 e. The van der Waals surface area contributed by atoms with Gasteiger partial charge in [-0.2, -0.15) is 0 Å². The molecule has 0 unspecified atom stereocenters. The fraction of sp³-hybridized carbons (Fsp3) is 0.0909. The van der Waals surface area contributed by atoms with Gasteiger partial charge in [-0.3, -0.25) is 4.99 Å². The number of hydrogen-bond acceptors (Lipinski definition) is 4. The SMILES string of the molecule is CC(C)(C)c1cc(I)cc(C=Nc2ccccc2-c2nc3c(-c4cccc5ccccc45)cc(-c4cccc5ccccc45)cc3s2)c1O. The topological polar surface area (TPSA) is 45.5 Å². The molecule has 5 heteroatoms. The lowest BCUT2D eigenvalue weighted by Crippen LogP contribution is -2.12. The zero-order valence-corrected chi connectivity index (χ0v) is 30.4. The van der Waals surface area contributed by atoms with Crippen LogP contribution in [-0.4, -0.2) is 16.3 Å². The lowest BCUT2D eigenvalue weighted by Gasteiger charge is -2.21. The number of para-hydroxylation sites is 1. The number of halogens is 1. The number of aliphatic imine (C=N–C) groups is 1. The van der Waals surface area contributed by atoms with E-state index in [9.17, 15) is 5.11 Å². The second kappa shape index (κ2) is 12.6. The first-order valence-corrected chi connectivity index (χ1v) is 18.2. The standard InChI is InChI=1S/C44H33IN2OS/c1-44(2,3)38-25-31(45)22-30(42(38)48)26-46-39-21-9-8-18-36(39)43-47-41-37(35-20-11-15-28-13-5-7-17-33(28)35)23-29(24-40(41)49-43)34-19-10-14-27-12-4-6-16-32(27)34/h4-26,48H,1-3H3. The highest BCUT2D eigenvalue weighted by atomic mass is 127. The van der Waals surface area contributed by atoms with Gasteiger partial charge in [0.25, 0.3) is 0 Å². The zero-order valence-electron chi connectivity index (χ0n) is 27.4. The van der Waals surface area contributed by atoms with Gasteiger partial charge >= 0.3 is 0 Å². The fourth-order valence-electron chi connectivity index (χ4n) is 6.64. The van der Waals surface area contributed by atoms with Gasteiger partial charge in [0.05, 0.1) is 15.9 Å². The molecule has 8 rings (SSSR count). The summed E-state index contributed by atoms with van der Waals surface area (Å²) in [6.07, 6.45) is 1.78. The summed E-state index contributed by atoms with van der Waals surface area (Å²) < 4.78 is 2.18. The van der Waals surface area contributed by atoms with Crippen LogP contribution in [0.2, 0.25) is 0 Å². The number of hydrogen-bond donors (Lipinski definition) is 1. The minimum atomic E-state index is -0.195. The van der Waals surface area contributed by atoms with Gasteiger partial charge in [0.15, 0.2) is 0 Å². The number of aromatic nitrogens is 1. The Bertz CT molecular complexity index is 2570. The van der Waals surface area contributed by atoms with Crippen LogP contribution >= 0.6 is 33.9 Å². The highest BCUT2D eigenvalue weighted by Crippen LogP contribution is 2.44. The number of thiazole rings is 1. The highest BCUT2D eigenvalue weighted by Gasteiger charge is 2.21. The lowest BCUT2D eigenvalue weighted by atomic mass is 9.85. The first kappa shape index (κ1) is 31.4. The molecule has 0 bridgehead atoms. The van der Waals surface area contributed by atoms with E-state index in [1.165, 1.54) is 27.1 Å². The van der Waals surface area contributed by atoms with Gasteiger partial charge in [-0.25, -0.2) is 4.98 Å². The van der Waals surface area contributed by atoms with Crippen molar-refractivity contribution in [3.05, 3.63) is 148 Å². The number of phenolic OH excluding ortho intramolecular Hbond substituents is 1. The number of rotatable bonds is 5. The Morgan fingerprint density at radius 1 is 0.673 bits per heavy atom. The summed E-state index contributed by atoms with van der Waals surface area (Å²) in [7, 11) is 0. The van der Waals surface area contributed by atoms with Crippen molar-refractivity contribution in [1.29, 1.82) is 0 Å². The minimum absolute atomic E-state index is 0.195. The Balaban J connectivity index is 1.32. The summed E-state index contributed by atoms with van der Waals surface area (Å²) in [5.41, 5.74) is 8.79. The molecule has 0 fully saturated rings. The number of aromatic hydroxyl groups is 1. The molecule has 1 heterocycles. The third kappa shape index (κ3) is 5.91. The Kier molecular flexibility index (Phi) is 8.05. The quantitative estimate of drug-likeness (QED) is 0.140. The first-order valence-electron chi connectivity index (χ1n) is 16.3. The van der Waals surface area contributed by atoms with E-state index in [2.05, 4.69) is 146 Å². The molecule has 1 N–H and O–H groups in total. The summed E-state index contributed by atoms with van der Waals surface area (Å²) in [6.45, 7) is 6.33. The van der Waals surface area contributed by atoms with Crippen molar-refractivity contribution in [1.82, 2.24) is 4.98 Å². The van der Waals surface area contributed by atoms with E-state index in [0.717, 1.165) is 52.3 Å². The lowest BCUT2D eigenvalue weighted by molar-refractivity contribution is 0.445. The summed E-state index contributed by atoms with van der Waals surface area (Å²) in [5, 5.41) is 17.0. The molecule has 0 saturated carbocycles. The average Bonchev–Trinajstić information content (AvgIpc) is 3.55. The molecule has 0 radical (unpaired) electrons. The number of fused-ring (bicyclic) bond motifs is 3. The first-order chi connectivity index (χ1) is 23.7. The van der Waals surface area contributed by atoms with E-state index in [-0.39, 0.29) is 11.2 Å². The van der Waals surface area contributed by atoms with E-state index in [4.69, 9.17) is 9.98 Å². The molecule has 3 nitrogen and oxygen atoms in total. The molecule has 0 aliphatic carbocycles. The van der Waals surface area contributed by atoms with E-state index in [1.807, 2.05) is 30.3 Å². The molecule has 7 aromatic carbocycles. The molecule has 0 atom stereocenters. The van der Waals surface area contributed by atoms with Crippen LogP contribution in [0.1, 0.15) is 31.9 Å². The predicted octanol–water partition coefficient (Wildman–Crippen LogP) is 13.0. The second-order valence-corrected chi connectivity index (χ2v) is 15.6. The molecule has 0 aliphatic heterocycles. The van der Waals surface area contributed by atoms with Crippen LogP contribution < -0.4 is 0 Å². The Hall–Kier alpha value is -4.85. The van der Waals surface area contributed by atoms with Gasteiger partial charge < -0.3 is 5.11 Å². The average molecular weight is 765 g/mol. The Morgan fingerprint density at radius 3 is 2.02 bits per heavy atom. The maximum absolute atomic E-state index is 11.2. The van der Waals surface area contributed by atoms with Gasteiger partial charge in [-0.1, -0.05) is 118 Å². The monoisotopic (exact) mass is 764 g/mol. The predicted molar refractivity (Wildman–Crippen MR) is 218 cm³/mol. The van der Waals surface area contributed by atoms with Crippen molar-refractivity contribution < 1.29 is 5.11 Å². The fourth-order valence-corrected chi connectivity index (χ4v) is 8.35. The van der Waals surface area contributed by atoms with Gasteiger partial charge in [0.1, 0.15) is 10.8 Å². The molecule has 49 heavy (non-hydrogen) atoms. The second-order valence-electron chi connectivity index (χ2n) is 13.4. The van der Waals surface area contributed by atoms with Gasteiger partial charge in [-0.15, -0.1) is 11.3 Å². The van der Waals surface area contributed by atoms with E-state index in [0.29, 0.717) is 5.56 Å². The van der Waals surface area contributed by atoms with Crippen LogP contribution in [0, 0.1) is 3.57 Å². The van der Waals surface area contributed by atoms with Crippen LogP contribution in [0.25, 0.3) is 64.6 Å².